The summed E-state index contributed by atoms with van der Waals surface area (Å²) in [5, 5.41) is 4.77. The molecular formula is C27H34Cl2F3N7OS. The van der Waals surface area contributed by atoms with Gasteiger partial charge in [0, 0.05) is 47.6 Å². The van der Waals surface area contributed by atoms with Gasteiger partial charge >= 0.3 is 6.18 Å². The molecule has 41 heavy (non-hydrogen) atoms. The number of alkyl halides is 3. The molecule has 2 fully saturated rings. The number of piperidine rings is 1. The Morgan fingerprint density at radius 2 is 1.90 bits per heavy atom. The van der Waals surface area contributed by atoms with Crippen LogP contribution in [0.5, 0.6) is 0 Å². The molecule has 8 nitrogen and oxygen atoms in total. The van der Waals surface area contributed by atoms with Crippen molar-refractivity contribution in [3.8, 4) is 0 Å². The first kappa shape index (κ1) is 30.6. The minimum atomic E-state index is -4.68. The Labute approximate surface area is 250 Å². The Kier molecular flexibility index (Phi) is 9.27. The van der Waals surface area contributed by atoms with Gasteiger partial charge in [0.1, 0.15) is 16.6 Å². The van der Waals surface area contributed by atoms with Gasteiger partial charge < -0.3 is 14.4 Å². The molecule has 3 unspecified atom stereocenters. The Bertz CT molecular complexity index is 1370. The molecule has 5 rings (SSSR count). The number of aromatic nitrogens is 4. The fraction of sp³-hybridized carbons (Fsp3) is 0.593. The molecule has 0 aliphatic carbocycles. The number of fused-ring (bicyclic) bond motifs is 1. The summed E-state index contributed by atoms with van der Waals surface area (Å²) in [6.07, 6.45) is -1.01. The van der Waals surface area contributed by atoms with Crippen LogP contribution in [0.15, 0.2) is 24.4 Å². The third-order valence-corrected chi connectivity index (χ3v) is 9.89. The largest absolute Gasteiger partial charge is 0.598 e. The van der Waals surface area contributed by atoms with Crippen molar-refractivity contribution < 1.29 is 17.7 Å². The van der Waals surface area contributed by atoms with Gasteiger partial charge in [-0.05, 0) is 69.7 Å². The Morgan fingerprint density at radius 1 is 1.15 bits per heavy atom. The van der Waals surface area contributed by atoms with Crippen LogP contribution in [-0.2, 0) is 17.5 Å². The van der Waals surface area contributed by atoms with Crippen LogP contribution < -0.4 is 9.62 Å². The second-order valence-corrected chi connectivity index (χ2v) is 13.8. The smallest absolute Gasteiger partial charge is 0.437 e. The number of rotatable bonds is 9. The van der Waals surface area contributed by atoms with Crippen molar-refractivity contribution in [2.45, 2.75) is 51.1 Å². The zero-order valence-corrected chi connectivity index (χ0v) is 25.5. The highest BCUT2D eigenvalue weighted by atomic mass is 35.5. The lowest BCUT2D eigenvalue weighted by Gasteiger charge is -2.47. The fourth-order valence-electron chi connectivity index (χ4n) is 5.63. The van der Waals surface area contributed by atoms with E-state index in [9.17, 15) is 17.7 Å². The van der Waals surface area contributed by atoms with Crippen LogP contribution in [0.1, 0.15) is 50.9 Å². The Morgan fingerprint density at radius 3 is 2.59 bits per heavy atom. The molecule has 0 amide bonds. The van der Waals surface area contributed by atoms with Crippen LogP contribution in [0, 0.1) is 11.8 Å². The van der Waals surface area contributed by atoms with E-state index in [1.165, 1.54) is 10.9 Å². The molecule has 2 aliphatic heterocycles. The third kappa shape index (κ3) is 6.73. The van der Waals surface area contributed by atoms with Gasteiger partial charge in [0.15, 0.2) is 11.3 Å². The van der Waals surface area contributed by atoms with E-state index in [4.69, 9.17) is 23.2 Å². The summed E-state index contributed by atoms with van der Waals surface area (Å²) >= 11 is 11.4. The Hall–Kier alpha value is -1.83. The van der Waals surface area contributed by atoms with E-state index in [1.54, 1.807) is 25.1 Å². The quantitative estimate of drug-likeness (QED) is 0.309. The number of likely N-dealkylation sites (tertiary alicyclic amines) is 1. The monoisotopic (exact) mass is 631 g/mol. The third-order valence-electron chi connectivity index (χ3n) is 7.98. The van der Waals surface area contributed by atoms with E-state index in [0.29, 0.717) is 39.8 Å². The summed E-state index contributed by atoms with van der Waals surface area (Å²) in [5.74, 6) is 1.53. The maximum Gasteiger partial charge on any atom is 0.437 e. The highest BCUT2D eigenvalue weighted by Crippen LogP contribution is 2.38. The van der Waals surface area contributed by atoms with Gasteiger partial charge in [0.05, 0.1) is 18.8 Å². The minimum Gasteiger partial charge on any atom is -0.598 e. The van der Waals surface area contributed by atoms with Crippen LogP contribution in [0.2, 0.25) is 10.0 Å². The highest BCUT2D eigenvalue weighted by molar-refractivity contribution is 7.90. The molecule has 4 heterocycles. The second kappa shape index (κ2) is 12.4. The molecule has 0 saturated carbocycles. The van der Waals surface area contributed by atoms with Gasteiger partial charge in [-0.3, -0.25) is 0 Å². The summed E-state index contributed by atoms with van der Waals surface area (Å²) in [6.45, 7) is 10.7. The van der Waals surface area contributed by atoms with Crippen molar-refractivity contribution in [2.75, 3.05) is 44.2 Å². The van der Waals surface area contributed by atoms with E-state index in [1.807, 2.05) is 13.8 Å². The molecular weight excluding hydrogens is 598 g/mol. The first-order chi connectivity index (χ1) is 19.4. The predicted octanol–water partition coefficient (Wildman–Crippen LogP) is 5.57. The molecule has 2 saturated heterocycles. The summed E-state index contributed by atoms with van der Waals surface area (Å²) in [7, 11) is 0. The molecule has 0 radical (unpaired) electrons. The lowest BCUT2D eigenvalue weighted by Crippen LogP contribution is -2.54. The van der Waals surface area contributed by atoms with Crippen molar-refractivity contribution >= 4 is 51.5 Å². The van der Waals surface area contributed by atoms with Gasteiger partial charge in [-0.15, -0.1) is 4.72 Å². The van der Waals surface area contributed by atoms with Gasteiger partial charge in [-0.25, -0.2) is 14.6 Å². The molecule has 0 bridgehead atoms. The maximum atomic E-state index is 13.9. The number of halogens is 5. The summed E-state index contributed by atoms with van der Waals surface area (Å²) in [5.41, 5.74) is -0.714. The molecule has 0 spiro atoms. The number of hydrogen-bond donors (Lipinski definition) is 1. The lowest BCUT2D eigenvalue weighted by molar-refractivity contribution is -0.140. The fourth-order valence-corrected chi connectivity index (χ4v) is 6.83. The molecule has 224 valence electrons. The SMILES string of the molecule is CC(c1ccc(Cl)cc1Cl)n1nc(C(F)(F)F)c2ncc(N3CC(C4CCCN(CCN[S+]([O-])C(C)C)C4)C3)nc21. The zero-order chi connectivity index (χ0) is 29.5. The van der Waals surface area contributed by atoms with E-state index in [-0.39, 0.29) is 16.4 Å². The number of benzene rings is 1. The number of nitrogens with zero attached hydrogens (tertiary/aromatic N) is 6. The minimum absolute atomic E-state index is 0.0620. The van der Waals surface area contributed by atoms with Gasteiger partial charge in [-0.1, -0.05) is 29.3 Å². The average Bonchev–Trinajstić information content (AvgIpc) is 3.27. The highest BCUT2D eigenvalue weighted by Gasteiger charge is 2.40. The average molecular weight is 633 g/mol. The van der Waals surface area contributed by atoms with E-state index in [0.717, 1.165) is 45.6 Å². The van der Waals surface area contributed by atoms with Gasteiger partial charge in [0.25, 0.3) is 0 Å². The second-order valence-electron chi connectivity index (χ2n) is 11.1. The van der Waals surface area contributed by atoms with Crippen LogP contribution in [0.25, 0.3) is 11.2 Å². The van der Waals surface area contributed by atoms with Crippen LogP contribution >= 0.6 is 23.2 Å². The first-order valence-corrected chi connectivity index (χ1v) is 15.8. The molecule has 2 aliphatic rings. The first-order valence-electron chi connectivity index (χ1n) is 13.8. The van der Waals surface area contributed by atoms with Crippen molar-refractivity contribution in [1.29, 1.82) is 0 Å². The summed E-state index contributed by atoms with van der Waals surface area (Å²) in [4.78, 5) is 13.3. The maximum absolute atomic E-state index is 13.9. The van der Waals surface area contributed by atoms with Gasteiger partial charge in [0.2, 0.25) is 0 Å². The molecule has 3 atom stereocenters. The standard InChI is InChI=1S/C27H34Cl2F3N7OS/c1-16(2)41(40)34-8-10-37-9-4-5-18(13-37)19-14-38(15-19)23-12-33-24-25(27(30,31)32)36-39(26(24)35-23)17(3)21-7-6-20(28)11-22(21)29/h6-7,11-12,16-19,34H,4-5,8-10,13-15H2,1-3H3. The summed E-state index contributed by atoms with van der Waals surface area (Å²) in [6, 6.07) is 4.24. The van der Waals surface area contributed by atoms with E-state index >= 15 is 0 Å². The molecule has 2 aromatic heterocycles. The predicted molar refractivity (Wildman–Crippen MR) is 157 cm³/mol. The van der Waals surface area contributed by atoms with Crippen molar-refractivity contribution in [3.63, 3.8) is 0 Å². The van der Waals surface area contributed by atoms with Crippen LogP contribution in [-0.4, -0.2) is 73.7 Å². The molecule has 1 N–H and O–H groups in total. The lowest BCUT2D eigenvalue weighted by atomic mass is 9.80. The Balaban J connectivity index is 1.30. The van der Waals surface area contributed by atoms with Crippen LogP contribution in [0.3, 0.4) is 0 Å². The number of anilines is 1. The normalized spacial score (nSPS) is 20.5. The summed E-state index contributed by atoms with van der Waals surface area (Å²) < 4.78 is 58.0. The van der Waals surface area contributed by atoms with Crippen molar-refractivity contribution in [3.05, 3.63) is 45.7 Å². The molecule has 3 aromatic rings. The number of hydrogen-bond acceptors (Lipinski definition) is 7. The van der Waals surface area contributed by atoms with Crippen LogP contribution in [0.4, 0.5) is 19.0 Å². The zero-order valence-electron chi connectivity index (χ0n) is 23.2. The van der Waals surface area contributed by atoms with E-state index < -0.39 is 29.3 Å². The van der Waals surface area contributed by atoms with Crippen molar-refractivity contribution in [2.24, 2.45) is 11.8 Å². The van der Waals surface area contributed by atoms with Crippen molar-refractivity contribution in [1.82, 2.24) is 29.4 Å². The van der Waals surface area contributed by atoms with Gasteiger partial charge in [-0.2, -0.15) is 18.3 Å². The topological polar surface area (TPSA) is 85.2 Å². The van der Waals surface area contributed by atoms with E-state index in [2.05, 4.69) is 29.6 Å². The molecule has 1 aromatic carbocycles. The molecule has 14 heteroatoms. The number of nitrogens with one attached hydrogen (secondary N) is 1.